The van der Waals surface area contributed by atoms with Gasteiger partial charge in [0.2, 0.25) is 0 Å². The van der Waals surface area contributed by atoms with Gasteiger partial charge in [0, 0.05) is 11.1 Å². The van der Waals surface area contributed by atoms with Crippen molar-refractivity contribution >= 4 is 17.5 Å². The van der Waals surface area contributed by atoms with Crippen LogP contribution in [0, 0.1) is 23.1 Å². The highest BCUT2D eigenvalue weighted by Gasteiger charge is 2.53. The summed E-state index contributed by atoms with van der Waals surface area (Å²) in [5.74, 6) is 0.282. The summed E-state index contributed by atoms with van der Waals surface area (Å²) < 4.78 is 13.7. The smallest absolute Gasteiger partial charge is 0.275 e. The molecule has 2 aromatic carbocycles. The predicted molar refractivity (Wildman–Crippen MR) is 153 cm³/mol. The Morgan fingerprint density at radius 2 is 1.76 bits per heavy atom. The van der Waals surface area contributed by atoms with Gasteiger partial charge in [-0.15, -0.1) is 10.2 Å². The second-order valence-corrected chi connectivity index (χ2v) is 12.6. The number of aromatic amines is 1. The van der Waals surface area contributed by atoms with Gasteiger partial charge in [-0.05, 0) is 84.9 Å². The van der Waals surface area contributed by atoms with Crippen LogP contribution in [0.5, 0.6) is 0 Å². The quantitative estimate of drug-likeness (QED) is 0.411. The summed E-state index contributed by atoms with van der Waals surface area (Å²) in [6.07, 6.45) is 3.48. The molecule has 2 heterocycles. The number of carbonyl (C=O) groups is 2. The Morgan fingerprint density at radius 3 is 2.32 bits per heavy atom. The number of amides is 2. The van der Waals surface area contributed by atoms with E-state index in [0.717, 1.165) is 31.2 Å². The molecule has 2 amide bonds. The Labute approximate surface area is 240 Å². The predicted octanol–water partition coefficient (Wildman–Crippen LogP) is 5.23. The van der Waals surface area contributed by atoms with Crippen LogP contribution < -0.4 is 5.32 Å². The van der Waals surface area contributed by atoms with Crippen molar-refractivity contribution < 1.29 is 14.0 Å². The van der Waals surface area contributed by atoms with E-state index in [9.17, 15) is 14.0 Å². The van der Waals surface area contributed by atoms with Crippen LogP contribution in [0.4, 0.5) is 4.39 Å². The molecule has 3 aromatic rings. The fraction of sp³-hybridized carbons (Fsp3) is 0.484. The van der Waals surface area contributed by atoms with Gasteiger partial charge in [0.25, 0.3) is 11.8 Å². The third kappa shape index (κ3) is 5.78. The normalized spacial score (nSPS) is 21.8. The molecule has 10 heteroatoms. The lowest BCUT2D eigenvalue weighted by Crippen LogP contribution is -2.52. The molecule has 0 bridgehead atoms. The molecule has 41 heavy (non-hydrogen) atoms. The summed E-state index contributed by atoms with van der Waals surface area (Å²) in [4.78, 5) is 34.1. The zero-order valence-corrected chi connectivity index (χ0v) is 24.3. The number of benzene rings is 2. The highest BCUT2D eigenvalue weighted by Crippen LogP contribution is 2.50. The molecule has 5 rings (SSSR count). The number of H-pyrrole nitrogens is 1. The Balaban J connectivity index is 1.46. The van der Waals surface area contributed by atoms with E-state index in [2.05, 4.69) is 60.6 Å². The summed E-state index contributed by atoms with van der Waals surface area (Å²) in [6, 6.07) is 13.2. The van der Waals surface area contributed by atoms with Gasteiger partial charge < -0.3 is 10.2 Å². The molecule has 216 valence electrons. The number of aromatic nitrogens is 4. The van der Waals surface area contributed by atoms with E-state index >= 15 is 0 Å². The van der Waals surface area contributed by atoms with E-state index in [0.29, 0.717) is 28.6 Å². The molecule has 9 nitrogen and oxygen atoms in total. The Hall–Kier alpha value is -3.95. The van der Waals surface area contributed by atoms with Crippen LogP contribution in [0.2, 0.25) is 0 Å². The number of rotatable bonds is 7. The monoisotopic (exact) mass is 559 g/mol. The van der Waals surface area contributed by atoms with Gasteiger partial charge in [-0.2, -0.15) is 5.21 Å². The molecular formula is C31H38FN7O2. The Bertz CT molecular complexity index is 1400. The fourth-order valence-corrected chi connectivity index (χ4v) is 6.28. The maximum absolute atomic E-state index is 14.3. The minimum Gasteiger partial charge on any atom is -0.345 e. The van der Waals surface area contributed by atoms with Crippen molar-refractivity contribution in [3.05, 3.63) is 76.9 Å². The number of aliphatic imine (C=N–C) groups is 1. The molecule has 1 spiro atoms. The van der Waals surface area contributed by atoms with E-state index in [1.54, 1.807) is 24.3 Å². The van der Waals surface area contributed by atoms with Crippen LogP contribution in [0.25, 0.3) is 0 Å². The number of nitrogens with zero attached hydrogens (tertiary/aromatic N) is 5. The average Bonchev–Trinajstić information content (AvgIpc) is 3.55. The molecule has 1 aliphatic carbocycles. The molecule has 1 atom stereocenters. The molecule has 1 saturated carbocycles. The van der Waals surface area contributed by atoms with Crippen molar-refractivity contribution in [2.75, 3.05) is 0 Å². The summed E-state index contributed by atoms with van der Waals surface area (Å²) in [5.41, 5.74) is 1.97. The second kappa shape index (κ2) is 11.1. The first-order chi connectivity index (χ1) is 19.5. The lowest BCUT2D eigenvalue weighted by atomic mass is 9.69. The van der Waals surface area contributed by atoms with Crippen molar-refractivity contribution in [3.8, 4) is 0 Å². The lowest BCUT2D eigenvalue weighted by Gasteiger charge is -2.48. The number of hydrogen-bond donors (Lipinski definition) is 2. The molecule has 1 fully saturated rings. The van der Waals surface area contributed by atoms with Crippen LogP contribution in [-0.4, -0.2) is 48.7 Å². The Morgan fingerprint density at radius 1 is 1.10 bits per heavy atom. The van der Waals surface area contributed by atoms with E-state index in [4.69, 9.17) is 4.99 Å². The summed E-state index contributed by atoms with van der Waals surface area (Å²) in [6.45, 7) is 11.2. The molecule has 0 saturated heterocycles. The van der Waals surface area contributed by atoms with E-state index in [-0.39, 0.29) is 41.6 Å². The molecule has 2 aliphatic rings. The van der Waals surface area contributed by atoms with E-state index < -0.39 is 5.66 Å². The van der Waals surface area contributed by atoms with E-state index in [1.807, 2.05) is 17.0 Å². The minimum absolute atomic E-state index is 0.0804. The van der Waals surface area contributed by atoms with Gasteiger partial charge >= 0.3 is 0 Å². The van der Waals surface area contributed by atoms with E-state index in [1.165, 1.54) is 12.1 Å². The topological polar surface area (TPSA) is 116 Å². The first-order valence-corrected chi connectivity index (χ1v) is 14.3. The average molecular weight is 560 g/mol. The number of carbonyl (C=O) groups excluding carboxylic acids is 2. The van der Waals surface area contributed by atoms with Gasteiger partial charge in [0.05, 0.1) is 12.6 Å². The zero-order chi connectivity index (χ0) is 29.4. The molecule has 0 radical (unpaired) electrons. The van der Waals surface area contributed by atoms with Gasteiger partial charge in [-0.1, -0.05) is 52.0 Å². The standard InChI is InChI=1S/C31H38FN7O2/c1-19(2)27(21-6-8-22(9-7-21)28(40)33-18-25-35-37-38-36-25)39-29(41)26(20-10-12-24(32)13-11-20)34-31(39)16-14-23(15-17-31)30(3,4)5/h6-13,19,23,27H,14-18H2,1-5H3,(H,33,40)(H,35,36,37,38)/t23?,27-,31?/m1/s1. The van der Waals surface area contributed by atoms with Gasteiger partial charge in [-0.3, -0.25) is 14.6 Å². The van der Waals surface area contributed by atoms with Crippen molar-refractivity contribution in [2.45, 2.75) is 78.6 Å². The van der Waals surface area contributed by atoms with Gasteiger partial charge in [-0.25, -0.2) is 4.39 Å². The molecular weight excluding hydrogens is 521 g/mol. The highest BCUT2D eigenvalue weighted by molar-refractivity contribution is 6.46. The summed E-state index contributed by atoms with van der Waals surface area (Å²) in [5, 5.41) is 16.4. The third-order valence-electron chi connectivity index (χ3n) is 8.54. The maximum atomic E-state index is 14.3. The largest absolute Gasteiger partial charge is 0.345 e. The van der Waals surface area contributed by atoms with Crippen LogP contribution >= 0.6 is 0 Å². The van der Waals surface area contributed by atoms with Crippen molar-refractivity contribution in [1.82, 2.24) is 30.8 Å². The SMILES string of the molecule is CC(C)[C@H](c1ccc(C(=O)NCc2nn[nH]n2)cc1)N1C(=O)C(c2ccc(F)cc2)=NC12CCC(C(C)(C)C)CC2. The van der Waals surface area contributed by atoms with Gasteiger partial charge in [0.1, 0.15) is 17.2 Å². The number of hydrogen-bond acceptors (Lipinski definition) is 6. The Kier molecular flexibility index (Phi) is 7.76. The number of nitrogens with one attached hydrogen (secondary N) is 2. The maximum Gasteiger partial charge on any atom is 0.275 e. The van der Waals surface area contributed by atoms with Crippen LogP contribution in [0.3, 0.4) is 0 Å². The fourth-order valence-electron chi connectivity index (χ4n) is 6.28. The zero-order valence-electron chi connectivity index (χ0n) is 24.3. The summed E-state index contributed by atoms with van der Waals surface area (Å²) in [7, 11) is 0. The molecule has 1 aliphatic heterocycles. The van der Waals surface area contributed by atoms with Crippen molar-refractivity contribution in [1.29, 1.82) is 0 Å². The molecule has 2 N–H and O–H groups in total. The molecule has 0 unspecified atom stereocenters. The van der Waals surface area contributed by atoms with Crippen LogP contribution in [0.15, 0.2) is 53.5 Å². The number of tetrazole rings is 1. The summed E-state index contributed by atoms with van der Waals surface area (Å²) >= 11 is 0. The third-order valence-corrected chi connectivity index (χ3v) is 8.54. The second-order valence-electron chi connectivity index (χ2n) is 12.6. The number of halogens is 1. The van der Waals surface area contributed by atoms with Crippen molar-refractivity contribution in [2.24, 2.45) is 22.2 Å². The van der Waals surface area contributed by atoms with Crippen LogP contribution in [0.1, 0.15) is 93.7 Å². The van der Waals surface area contributed by atoms with Crippen molar-refractivity contribution in [3.63, 3.8) is 0 Å². The van der Waals surface area contributed by atoms with Crippen LogP contribution in [-0.2, 0) is 11.3 Å². The first-order valence-electron chi connectivity index (χ1n) is 14.3. The lowest BCUT2D eigenvalue weighted by molar-refractivity contribution is -0.135. The molecule has 1 aromatic heterocycles. The highest BCUT2D eigenvalue weighted by atomic mass is 19.1. The first kappa shape index (κ1) is 28.6. The van der Waals surface area contributed by atoms with Gasteiger partial charge in [0.15, 0.2) is 5.82 Å². The minimum atomic E-state index is -0.669.